The molecule has 3 rings (SSSR count). The van der Waals surface area contributed by atoms with E-state index >= 15 is 0 Å². The van der Waals surface area contributed by atoms with Crippen molar-refractivity contribution in [1.82, 2.24) is 5.43 Å². The maximum Gasteiger partial charge on any atom is 0.573 e. The molecule has 3 aromatic carbocycles. The van der Waals surface area contributed by atoms with E-state index in [0.29, 0.717) is 17.7 Å². The summed E-state index contributed by atoms with van der Waals surface area (Å²) in [6.07, 6.45) is -4.39. The zero-order valence-electron chi connectivity index (χ0n) is 17.5. The van der Waals surface area contributed by atoms with E-state index in [1.54, 1.807) is 12.1 Å². The van der Waals surface area contributed by atoms with Crippen molar-refractivity contribution in [3.8, 4) is 11.8 Å². The highest BCUT2D eigenvalue weighted by Crippen LogP contribution is 2.24. The highest BCUT2D eigenvalue weighted by molar-refractivity contribution is 6.03. The molecule has 0 spiro atoms. The highest BCUT2D eigenvalue weighted by Gasteiger charge is 2.30. The highest BCUT2D eigenvalue weighted by atomic mass is 19.4. The number of halogens is 3. The summed E-state index contributed by atoms with van der Waals surface area (Å²) in [4.78, 5) is 12.3. The molecule has 3 aromatic rings. The summed E-state index contributed by atoms with van der Waals surface area (Å²) < 4.78 is 40.6. The van der Waals surface area contributed by atoms with Gasteiger partial charge in [0.1, 0.15) is 5.75 Å². The molecule has 0 heterocycles. The molecular formula is C24H19F3N4O2. The molecule has 0 atom stereocenters. The van der Waals surface area contributed by atoms with Crippen LogP contribution in [0.25, 0.3) is 0 Å². The molecule has 0 fully saturated rings. The fourth-order valence-corrected chi connectivity index (χ4v) is 2.94. The van der Waals surface area contributed by atoms with Gasteiger partial charge >= 0.3 is 12.4 Å². The van der Waals surface area contributed by atoms with Gasteiger partial charge in [-0.25, -0.2) is 10.2 Å². The van der Waals surface area contributed by atoms with Crippen molar-refractivity contribution in [1.29, 1.82) is 5.26 Å². The molecule has 9 heteroatoms. The standard InChI is InChI=1S/C24H19F3N4O2/c1-16-3-2-4-19(13-16)22(14-17-5-7-18(15-28)8-6-17)30-31-23(32)29-20-9-11-21(12-10-20)33-24(25,26)27/h2-13H,14H2,1H3,(H2,29,31,32)/b30-22-. The first kappa shape index (κ1) is 23.3. The Hall–Kier alpha value is -4.32. The van der Waals surface area contributed by atoms with Crippen molar-refractivity contribution in [3.63, 3.8) is 0 Å². The van der Waals surface area contributed by atoms with Crippen LogP contribution in [0.15, 0.2) is 77.9 Å². The first-order valence-electron chi connectivity index (χ1n) is 9.77. The minimum atomic E-state index is -4.79. The molecule has 33 heavy (non-hydrogen) atoms. The molecule has 0 saturated carbocycles. The van der Waals surface area contributed by atoms with E-state index in [-0.39, 0.29) is 5.69 Å². The number of alkyl halides is 3. The van der Waals surface area contributed by atoms with E-state index in [9.17, 15) is 18.0 Å². The largest absolute Gasteiger partial charge is 0.573 e. The quantitative estimate of drug-likeness (QED) is 0.381. The first-order chi connectivity index (χ1) is 15.7. The van der Waals surface area contributed by atoms with E-state index in [4.69, 9.17) is 5.26 Å². The van der Waals surface area contributed by atoms with Crippen molar-refractivity contribution in [2.24, 2.45) is 5.10 Å². The molecule has 2 N–H and O–H groups in total. The second kappa shape index (κ2) is 10.3. The minimum absolute atomic E-state index is 0.265. The van der Waals surface area contributed by atoms with Crippen LogP contribution < -0.4 is 15.5 Å². The number of rotatable bonds is 6. The maximum absolute atomic E-state index is 12.3. The van der Waals surface area contributed by atoms with Gasteiger partial charge in [-0.05, 0) is 54.4 Å². The van der Waals surface area contributed by atoms with E-state index in [1.165, 1.54) is 12.1 Å². The topological polar surface area (TPSA) is 86.5 Å². The van der Waals surface area contributed by atoms with Crippen LogP contribution in [0.2, 0.25) is 0 Å². The Bertz CT molecular complexity index is 1180. The molecule has 0 aromatic heterocycles. The number of ether oxygens (including phenoxy) is 1. The number of hydrazone groups is 1. The number of hydrogen-bond acceptors (Lipinski definition) is 4. The van der Waals surface area contributed by atoms with Crippen LogP contribution in [0.3, 0.4) is 0 Å². The molecular weight excluding hydrogens is 433 g/mol. The molecule has 0 saturated heterocycles. The van der Waals surface area contributed by atoms with Crippen LogP contribution in [0.4, 0.5) is 23.7 Å². The first-order valence-corrected chi connectivity index (χ1v) is 9.77. The zero-order valence-corrected chi connectivity index (χ0v) is 17.5. The third-order valence-electron chi connectivity index (χ3n) is 4.44. The molecule has 0 bridgehead atoms. The average Bonchev–Trinajstić information content (AvgIpc) is 2.77. The molecule has 0 aliphatic rings. The Balaban J connectivity index is 1.72. The van der Waals surface area contributed by atoms with Crippen molar-refractivity contribution in [2.75, 3.05) is 5.32 Å². The second-order valence-corrected chi connectivity index (χ2v) is 7.05. The second-order valence-electron chi connectivity index (χ2n) is 7.05. The van der Waals surface area contributed by atoms with Crippen molar-refractivity contribution in [3.05, 3.63) is 95.1 Å². The zero-order chi connectivity index (χ0) is 23.8. The number of nitrogens with one attached hydrogen (secondary N) is 2. The molecule has 0 unspecified atom stereocenters. The number of urea groups is 1. The number of hydrogen-bond donors (Lipinski definition) is 2. The number of anilines is 1. The molecule has 2 amide bonds. The van der Waals surface area contributed by atoms with Gasteiger partial charge in [0.05, 0.1) is 17.3 Å². The Morgan fingerprint density at radius 1 is 1.06 bits per heavy atom. The number of carbonyl (C=O) groups is 1. The number of nitriles is 1. The molecule has 168 valence electrons. The fraction of sp³-hybridized carbons (Fsp3) is 0.125. The van der Waals surface area contributed by atoms with Gasteiger partial charge in [0, 0.05) is 12.1 Å². The van der Waals surface area contributed by atoms with Gasteiger partial charge in [-0.15, -0.1) is 13.2 Å². The van der Waals surface area contributed by atoms with Crippen LogP contribution in [0, 0.1) is 18.3 Å². The Kier molecular flexibility index (Phi) is 7.31. The van der Waals surface area contributed by atoms with Gasteiger partial charge in [-0.3, -0.25) is 0 Å². The predicted octanol–water partition coefficient (Wildman–Crippen LogP) is 5.53. The third kappa shape index (κ3) is 7.40. The van der Waals surface area contributed by atoms with Gasteiger partial charge in [-0.2, -0.15) is 10.4 Å². The van der Waals surface area contributed by atoms with Crippen LogP contribution in [0.5, 0.6) is 5.75 Å². The summed E-state index contributed by atoms with van der Waals surface area (Å²) in [5.74, 6) is -0.393. The summed E-state index contributed by atoms with van der Waals surface area (Å²) >= 11 is 0. The number of aryl methyl sites for hydroxylation is 1. The lowest BCUT2D eigenvalue weighted by atomic mass is 10.00. The normalized spacial score (nSPS) is 11.4. The summed E-state index contributed by atoms with van der Waals surface area (Å²) in [5.41, 5.74) is 6.55. The lowest BCUT2D eigenvalue weighted by Crippen LogP contribution is -2.26. The molecule has 0 radical (unpaired) electrons. The van der Waals surface area contributed by atoms with Crippen LogP contribution in [0.1, 0.15) is 22.3 Å². The summed E-state index contributed by atoms with van der Waals surface area (Å²) in [6, 6.07) is 20.8. The third-order valence-corrected chi connectivity index (χ3v) is 4.44. The Labute approximate surface area is 188 Å². The number of carbonyl (C=O) groups excluding carboxylic acids is 1. The minimum Gasteiger partial charge on any atom is -0.406 e. The Morgan fingerprint density at radius 2 is 1.76 bits per heavy atom. The van der Waals surface area contributed by atoms with E-state index < -0.39 is 18.1 Å². The van der Waals surface area contributed by atoms with Crippen molar-refractivity contribution < 1.29 is 22.7 Å². The van der Waals surface area contributed by atoms with Gasteiger partial charge in [-0.1, -0.05) is 42.0 Å². The Morgan fingerprint density at radius 3 is 2.36 bits per heavy atom. The lowest BCUT2D eigenvalue weighted by molar-refractivity contribution is -0.274. The smallest absolute Gasteiger partial charge is 0.406 e. The van der Waals surface area contributed by atoms with Crippen molar-refractivity contribution >= 4 is 17.4 Å². The fourth-order valence-electron chi connectivity index (χ4n) is 2.94. The number of nitrogens with zero attached hydrogens (tertiary/aromatic N) is 2. The summed E-state index contributed by atoms with van der Waals surface area (Å²) in [7, 11) is 0. The monoisotopic (exact) mass is 452 g/mol. The predicted molar refractivity (Wildman–Crippen MR) is 118 cm³/mol. The van der Waals surface area contributed by atoms with Gasteiger partial charge in [0.15, 0.2) is 0 Å². The van der Waals surface area contributed by atoms with Gasteiger partial charge in [0.25, 0.3) is 0 Å². The SMILES string of the molecule is Cc1cccc(/C(Cc2ccc(C#N)cc2)=N\NC(=O)Nc2ccc(OC(F)(F)F)cc2)c1. The molecule has 0 aliphatic heterocycles. The average molecular weight is 452 g/mol. The van der Waals surface area contributed by atoms with E-state index in [1.807, 2.05) is 43.3 Å². The number of amides is 2. The maximum atomic E-state index is 12.3. The van der Waals surface area contributed by atoms with Crippen LogP contribution >= 0.6 is 0 Å². The number of benzene rings is 3. The van der Waals surface area contributed by atoms with E-state index in [0.717, 1.165) is 28.8 Å². The lowest BCUT2D eigenvalue weighted by Gasteiger charge is -2.11. The summed E-state index contributed by atoms with van der Waals surface area (Å²) in [6.45, 7) is 1.94. The van der Waals surface area contributed by atoms with Crippen molar-refractivity contribution in [2.45, 2.75) is 19.7 Å². The van der Waals surface area contributed by atoms with Gasteiger partial charge in [0.2, 0.25) is 0 Å². The van der Waals surface area contributed by atoms with Crippen LogP contribution in [-0.4, -0.2) is 18.1 Å². The summed E-state index contributed by atoms with van der Waals surface area (Å²) in [5, 5.41) is 15.7. The van der Waals surface area contributed by atoms with E-state index in [2.05, 4.69) is 26.7 Å². The molecule has 0 aliphatic carbocycles. The van der Waals surface area contributed by atoms with Crippen LogP contribution in [-0.2, 0) is 6.42 Å². The molecule has 6 nitrogen and oxygen atoms in total. The van der Waals surface area contributed by atoms with Gasteiger partial charge < -0.3 is 10.1 Å².